The predicted molar refractivity (Wildman–Crippen MR) is 126 cm³/mol. The number of hydrogen-bond acceptors (Lipinski definition) is 4. The van der Waals surface area contributed by atoms with Crippen LogP contribution in [0.2, 0.25) is 0 Å². The minimum atomic E-state index is -0.272. The number of carbonyl (C=O) groups is 2. The van der Waals surface area contributed by atoms with Crippen LogP contribution in [-0.2, 0) is 22.7 Å². The third kappa shape index (κ3) is 5.12. The Morgan fingerprint density at radius 2 is 1.97 bits per heavy atom. The standard InChI is InChI=1S/C24H23FN4O2.ClH/c1-28-13-18-11-16(12-26-24(18)27-22(30)15-28)7-10-23(31)29(2)14-17-8-9-21(25)20-6-4-3-5-19(17)20;/h3-12H,13-15H2,1-2H3,(H,26,27,30);1H/b10-7+;. The van der Waals surface area contributed by atoms with Crippen molar-refractivity contribution in [2.75, 3.05) is 26.0 Å². The van der Waals surface area contributed by atoms with Gasteiger partial charge in [-0.05, 0) is 41.8 Å². The maximum absolute atomic E-state index is 14.0. The van der Waals surface area contributed by atoms with E-state index in [1.54, 1.807) is 42.4 Å². The summed E-state index contributed by atoms with van der Waals surface area (Å²) >= 11 is 0. The van der Waals surface area contributed by atoms with Crippen LogP contribution in [0.3, 0.4) is 0 Å². The summed E-state index contributed by atoms with van der Waals surface area (Å²) < 4.78 is 14.0. The van der Waals surface area contributed by atoms with Gasteiger partial charge in [0.2, 0.25) is 11.8 Å². The van der Waals surface area contributed by atoms with Gasteiger partial charge in [0.1, 0.15) is 11.6 Å². The average molecular weight is 455 g/mol. The van der Waals surface area contributed by atoms with Crippen molar-refractivity contribution in [3.05, 3.63) is 77.2 Å². The highest BCUT2D eigenvalue weighted by molar-refractivity contribution is 5.94. The summed E-state index contributed by atoms with van der Waals surface area (Å²) in [5.41, 5.74) is 2.55. The number of carbonyl (C=O) groups excluding carboxylic acids is 2. The first kappa shape index (κ1) is 23.4. The maximum atomic E-state index is 14.0. The SMILES string of the molecule is CN1CC(=O)Nc2ncc(/C=C/C(=O)N(C)Cc3ccc(F)c4ccccc34)cc2C1.Cl. The minimum absolute atomic E-state index is 0. The van der Waals surface area contributed by atoms with Crippen molar-refractivity contribution in [2.24, 2.45) is 0 Å². The largest absolute Gasteiger partial charge is 0.338 e. The third-order valence-corrected chi connectivity index (χ3v) is 5.26. The zero-order valence-corrected chi connectivity index (χ0v) is 18.7. The summed E-state index contributed by atoms with van der Waals surface area (Å²) in [6.45, 7) is 1.26. The predicted octanol–water partition coefficient (Wildman–Crippen LogP) is 3.85. The first-order valence-corrected chi connectivity index (χ1v) is 9.97. The molecule has 0 unspecified atom stereocenters. The van der Waals surface area contributed by atoms with Crippen molar-refractivity contribution in [3.8, 4) is 0 Å². The van der Waals surface area contributed by atoms with E-state index < -0.39 is 0 Å². The Hall–Kier alpha value is -3.29. The van der Waals surface area contributed by atoms with Crippen LogP contribution < -0.4 is 5.32 Å². The van der Waals surface area contributed by atoms with E-state index in [1.165, 1.54) is 12.1 Å². The van der Waals surface area contributed by atoms with Crippen LogP contribution in [0.4, 0.5) is 10.2 Å². The maximum Gasteiger partial charge on any atom is 0.246 e. The van der Waals surface area contributed by atoms with E-state index in [0.717, 1.165) is 22.1 Å². The van der Waals surface area contributed by atoms with Crippen LogP contribution in [0.25, 0.3) is 16.8 Å². The monoisotopic (exact) mass is 454 g/mol. The molecular formula is C24H24ClFN4O2. The van der Waals surface area contributed by atoms with Crippen LogP contribution in [0, 0.1) is 5.82 Å². The molecule has 1 aromatic heterocycles. The van der Waals surface area contributed by atoms with Crippen molar-refractivity contribution < 1.29 is 14.0 Å². The molecule has 0 bridgehead atoms. The zero-order valence-electron chi connectivity index (χ0n) is 17.8. The van der Waals surface area contributed by atoms with E-state index in [0.29, 0.717) is 30.8 Å². The van der Waals surface area contributed by atoms with Crippen LogP contribution in [0.15, 0.2) is 54.7 Å². The Morgan fingerprint density at radius 1 is 1.22 bits per heavy atom. The molecular weight excluding hydrogens is 431 g/mol. The molecule has 0 atom stereocenters. The number of nitrogens with one attached hydrogen (secondary N) is 1. The molecule has 0 spiro atoms. The lowest BCUT2D eigenvalue weighted by molar-refractivity contribution is -0.125. The van der Waals surface area contributed by atoms with E-state index >= 15 is 0 Å². The fourth-order valence-electron chi connectivity index (χ4n) is 3.71. The Labute approximate surface area is 192 Å². The van der Waals surface area contributed by atoms with Crippen LogP contribution in [-0.4, -0.2) is 47.2 Å². The lowest BCUT2D eigenvalue weighted by atomic mass is 10.0. The Balaban J connectivity index is 0.00000289. The Morgan fingerprint density at radius 3 is 2.75 bits per heavy atom. The molecule has 1 aliphatic heterocycles. The number of aromatic nitrogens is 1. The lowest BCUT2D eigenvalue weighted by Crippen LogP contribution is -2.26. The first-order valence-electron chi connectivity index (χ1n) is 9.97. The molecule has 0 radical (unpaired) electrons. The van der Waals surface area contributed by atoms with Gasteiger partial charge in [-0.2, -0.15) is 0 Å². The van der Waals surface area contributed by atoms with Gasteiger partial charge in [-0.1, -0.05) is 30.3 Å². The average Bonchev–Trinajstić information content (AvgIpc) is 2.89. The van der Waals surface area contributed by atoms with E-state index in [2.05, 4.69) is 10.3 Å². The molecule has 4 rings (SSSR count). The molecule has 166 valence electrons. The smallest absolute Gasteiger partial charge is 0.246 e. The second-order valence-electron chi connectivity index (χ2n) is 7.78. The molecule has 0 aliphatic carbocycles. The number of amides is 2. The number of rotatable bonds is 4. The Kier molecular flexibility index (Phi) is 7.22. The quantitative estimate of drug-likeness (QED) is 0.608. The first-order chi connectivity index (χ1) is 14.9. The van der Waals surface area contributed by atoms with Crippen LogP contribution in [0.1, 0.15) is 16.7 Å². The summed E-state index contributed by atoms with van der Waals surface area (Å²) in [4.78, 5) is 32.3. The van der Waals surface area contributed by atoms with Gasteiger partial charge in [-0.25, -0.2) is 9.37 Å². The number of anilines is 1. The normalized spacial score (nSPS) is 13.9. The number of fused-ring (bicyclic) bond motifs is 2. The number of benzene rings is 2. The van der Waals surface area contributed by atoms with Crippen molar-refractivity contribution in [3.63, 3.8) is 0 Å². The van der Waals surface area contributed by atoms with Gasteiger partial charge in [0.15, 0.2) is 0 Å². The van der Waals surface area contributed by atoms with Crippen LogP contribution >= 0.6 is 12.4 Å². The molecule has 0 fully saturated rings. The third-order valence-electron chi connectivity index (χ3n) is 5.26. The minimum Gasteiger partial charge on any atom is -0.338 e. The molecule has 3 aromatic rings. The lowest BCUT2D eigenvalue weighted by Gasteiger charge is -2.17. The summed E-state index contributed by atoms with van der Waals surface area (Å²) in [7, 11) is 3.58. The van der Waals surface area contributed by atoms with E-state index in [1.807, 2.05) is 30.1 Å². The fraction of sp³-hybridized carbons (Fsp3) is 0.208. The molecule has 0 saturated carbocycles. The summed E-state index contributed by atoms with van der Waals surface area (Å²) in [5, 5.41) is 4.14. The second-order valence-corrected chi connectivity index (χ2v) is 7.78. The molecule has 32 heavy (non-hydrogen) atoms. The van der Waals surface area contributed by atoms with Crippen molar-refractivity contribution in [2.45, 2.75) is 13.1 Å². The highest BCUT2D eigenvalue weighted by Crippen LogP contribution is 2.23. The van der Waals surface area contributed by atoms with Gasteiger partial charge >= 0.3 is 0 Å². The molecule has 2 heterocycles. The van der Waals surface area contributed by atoms with Gasteiger partial charge in [-0.3, -0.25) is 14.5 Å². The van der Waals surface area contributed by atoms with E-state index in [9.17, 15) is 14.0 Å². The van der Waals surface area contributed by atoms with Crippen LogP contribution in [0.5, 0.6) is 0 Å². The highest BCUT2D eigenvalue weighted by atomic mass is 35.5. The molecule has 6 nitrogen and oxygen atoms in total. The summed E-state index contributed by atoms with van der Waals surface area (Å²) in [5.74, 6) is 0.0137. The van der Waals surface area contributed by atoms with Gasteiger partial charge < -0.3 is 10.2 Å². The molecule has 2 aromatic carbocycles. The molecule has 8 heteroatoms. The van der Waals surface area contributed by atoms with Crippen molar-refractivity contribution in [1.29, 1.82) is 0 Å². The number of nitrogens with zero attached hydrogens (tertiary/aromatic N) is 3. The topological polar surface area (TPSA) is 65.5 Å². The number of pyridine rings is 1. The van der Waals surface area contributed by atoms with E-state index in [4.69, 9.17) is 0 Å². The van der Waals surface area contributed by atoms with Crippen molar-refractivity contribution in [1.82, 2.24) is 14.8 Å². The van der Waals surface area contributed by atoms with E-state index in [-0.39, 0.29) is 30.0 Å². The fourth-order valence-corrected chi connectivity index (χ4v) is 3.71. The summed E-state index contributed by atoms with van der Waals surface area (Å²) in [6.07, 6.45) is 4.83. The number of likely N-dealkylation sites (N-methyl/N-ethyl adjacent to an activating group) is 2. The van der Waals surface area contributed by atoms with Crippen molar-refractivity contribution >= 4 is 46.9 Å². The molecule has 2 amide bonds. The molecule has 1 aliphatic rings. The van der Waals surface area contributed by atoms with Gasteiger partial charge in [0.05, 0.1) is 6.54 Å². The number of halogens is 2. The number of hydrogen-bond donors (Lipinski definition) is 1. The molecule has 1 N–H and O–H groups in total. The van der Waals surface area contributed by atoms with Gasteiger partial charge in [-0.15, -0.1) is 12.4 Å². The summed E-state index contributed by atoms with van der Waals surface area (Å²) in [6, 6.07) is 12.3. The highest BCUT2D eigenvalue weighted by Gasteiger charge is 2.17. The van der Waals surface area contributed by atoms with Gasteiger partial charge in [0.25, 0.3) is 0 Å². The second kappa shape index (κ2) is 9.89. The van der Waals surface area contributed by atoms with Gasteiger partial charge in [0, 0.05) is 43.4 Å². The molecule has 0 saturated heterocycles. The zero-order chi connectivity index (χ0) is 22.0. The Bertz CT molecular complexity index is 1200.